The summed E-state index contributed by atoms with van der Waals surface area (Å²) in [5.74, 6) is -1.46. The highest BCUT2D eigenvalue weighted by atomic mass is 35.5. The predicted molar refractivity (Wildman–Crippen MR) is 90.6 cm³/mol. The van der Waals surface area contributed by atoms with Gasteiger partial charge in [0.1, 0.15) is 0 Å². The Labute approximate surface area is 146 Å². The van der Waals surface area contributed by atoms with Crippen LogP contribution in [0.3, 0.4) is 0 Å². The van der Waals surface area contributed by atoms with Gasteiger partial charge in [-0.25, -0.2) is 0 Å². The van der Waals surface area contributed by atoms with E-state index in [0.717, 1.165) is 22.7 Å². The maximum atomic E-state index is 11.5. The summed E-state index contributed by atoms with van der Waals surface area (Å²) >= 11 is 13.7. The Hall–Kier alpha value is -1.74. The lowest BCUT2D eigenvalue weighted by Crippen LogP contribution is -2.01. The summed E-state index contributed by atoms with van der Waals surface area (Å²) in [6.07, 6.45) is 0. The Morgan fingerprint density at radius 1 is 0.957 bits per heavy atom. The SMILES string of the molecule is O=c1[nH]c(O)c(C(c2ccc(Cl)cc2Cl)c2sc(=O)[nH]c2O)s1. The number of aromatic amines is 2. The first-order valence-corrected chi connectivity index (χ1v) is 8.54. The predicted octanol–water partition coefficient (Wildman–Crippen LogP) is 3.08. The van der Waals surface area contributed by atoms with Gasteiger partial charge in [0.25, 0.3) is 0 Å². The lowest BCUT2D eigenvalue weighted by atomic mass is 9.96. The van der Waals surface area contributed by atoms with Crippen LogP contribution in [0.25, 0.3) is 0 Å². The first kappa shape index (κ1) is 16.1. The van der Waals surface area contributed by atoms with Crippen LogP contribution in [0.5, 0.6) is 11.8 Å². The minimum atomic E-state index is -0.785. The molecule has 0 radical (unpaired) electrons. The molecular weight excluding hydrogens is 383 g/mol. The quantitative estimate of drug-likeness (QED) is 0.551. The van der Waals surface area contributed by atoms with Crippen molar-refractivity contribution in [2.24, 2.45) is 0 Å². The second-order valence-corrected chi connectivity index (χ2v) is 7.43. The maximum Gasteiger partial charge on any atom is 0.307 e. The summed E-state index contributed by atoms with van der Waals surface area (Å²) in [4.78, 5) is 27.1. The summed E-state index contributed by atoms with van der Waals surface area (Å²) in [5.41, 5.74) is 0.493. The smallest absolute Gasteiger partial charge is 0.307 e. The average Bonchev–Trinajstić information content (AvgIpc) is 2.95. The fourth-order valence-corrected chi connectivity index (χ4v) is 4.50. The molecule has 0 saturated carbocycles. The van der Waals surface area contributed by atoms with Crippen molar-refractivity contribution in [1.82, 2.24) is 9.97 Å². The summed E-state index contributed by atoms with van der Waals surface area (Å²) in [6.45, 7) is 0. The van der Waals surface area contributed by atoms with E-state index in [1.165, 1.54) is 6.07 Å². The third-order valence-electron chi connectivity index (χ3n) is 3.11. The number of nitrogens with one attached hydrogen (secondary N) is 2. The molecule has 10 heteroatoms. The van der Waals surface area contributed by atoms with Gasteiger partial charge in [0.05, 0.1) is 15.7 Å². The largest absolute Gasteiger partial charge is 0.494 e. The molecule has 6 nitrogen and oxygen atoms in total. The first-order valence-electron chi connectivity index (χ1n) is 6.15. The number of halogens is 2. The van der Waals surface area contributed by atoms with E-state index >= 15 is 0 Å². The van der Waals surface area contributed by atoms with E-state index in [9.17, 15) is 19.8 Å². The van der Waals surface area contributed by atoms with Gasteiger partial charge in [0.2, 0.25) is 11.8 Å². The van der Waals surface area contributed by atoms with Crippen molar-refractivity contribution in [2.45, 2.75) is 5.92 Å². The van der Waals surface area contributed by atoms with Gasteiger partial charge < -0.3 is 10.2 Å². The fourth-order valence-electron chi connectivity index (χ4n) is 2.19. The maximum absolute atomic E-state index is 11.5. The van der Waals surface area contributed by atoms with Crippen molar-refractivity contribution in [1.29, 1.82) is 0 Å². The third kappa shape index (κ3) is 3.02. The zero-order chi connectivity index (χ0) is 16.7. The molecule has 2 heterocycles. The number of rotatable bonds is 3. The Morgan fingerprint density at radius 2 is 1.48 bits per heavy atom. The van der Waals surface area contributed by atoms with Gasteiger partial charge in [0.15, 0.2) is 0 Å². The molecule has 0 aliphatic carbocycles. The van der Waals surface area contributed by atoms with Crippen LogP contribution in [0.4, 0.5) is 0 Å². The summed E-state index contributed by atoms with van der Waals surface area (Å²) in [6, 6.07) is 4.71. The van der Waals surface area contributed by atoms with Gasteiger partial charge in [-0.1, -0.05) is 51.9 Å². The fraction of sp³-hybridized carbons (Fsp3) is 0.0769. The zero-order valence-electron chi connectivity index (χ0n) is 11.1. The Kier molecular flexibility index (Phi) is 4.24. The lowest BCUT2D eigenvalue weighted by molar-refractivity contribution is 0.442. The summed E-state index contributed by atoms with van der Waals surface area (Å²) in [7, 11) is 0. The van der Waals surface area contributed by atoms with E-state index in [1.54, 1.807) is 12.1 Å². The highest BCUT2D eigenvalue weighted by Crippen LogP contribution is 2.44. The van der Waals surface area contributed by atoms with E-state index in [-0.39, 0.29) is 26.5 Å². The summed E-state index contributed by atoms with van der Waals surface area (Å²) in [5, 5.41) is 20.7. The number of H-pyrrole nitrogens is 2. The van der Waals surface area contributed by atoms with Crippen LogP contribution >= 0.6 is 45.9 Å². The molecule has 0 amide bonds. The normalized spacial score (nSPS) is 11.3. The minimum absolute atomic E-state index is 0.241. The molecule has 0 aliphatic rings. The molecule has 120 valence electrons. The van der Waals surface area contributed by atoms with Gasteiger partial charge in [-0.3, -0.25) is 19.6 Å². The van der Waals surface area contributed by atoms with Crippen LogP contribution in [0.15, 0.2) is 27.8 Å². The van der Waals surface area contributed by atoms with E-state index < -0.39 is 15.7 Å². The number of hydrogen-bond donors (Lipinski definition) is 4. The van der Waals surface area contributed by atoms with Gasteiger partial charge >= 0.3 is 9.75 Å². The number of benzene rings is 1. The van der Waals surface area contributed by atoms with Crippen LogP contribution in [-0.4, -0.2) is 20.2 Å². The zero-order valence-corrected chi connectivity index (χ0v) is 14.2. The molecule has 0 bridgehead atoms. The molecule has 0 fully saturated rings. The van der Waals surface area contributed by atoms with E-state index in [4.69, 9.17) is 23.2 Å². The second kappa shape index (κ2) is 6.04. The highest BCUT2D eigenvalue weighted by molar-refractivity contribution is 7.11. The van der Waals surface area contributed by atoms with Crippen LogP contribution in [0, 0.1) is 0 Å². The van der Waals surface area contributed by atoms with Crippen molar-refractivity contribution in [2.75, 3.05) is 0 Å². The van der Waals surface area contributed by atoms with E-state index in [0.29, 0.717) is 10.6 Å². The third-order valence-corrected chi connectivity index (χ3v) is 5.55. The van der Waals surface area contributed by atoms with Crippen molar-refractivity contribution in [3.63, 3.8) is 0 Å². The van der Waals surface area contributed by atoms with Crippen LogP contribution in [0.2, 0.25) is 10.0 Å². The molecule has 0 aliphatic heterocycles. The molecule has 1 aromatic carbocycles. The number of aromatic hydroxyl groups is 2. The van der Waals surface area contributed by atoms with Crippen molar-refractivity contribution in [3.05, 3.63) is 62.9 Å². The standard InChI is InChI=1S/C13H8Cl2N2O4S2/c14-4-1-2-5(6(15)3-4)7(8-10(18)16-12(20)22-8)9-11(19)17-13(21)23-9/h1-3,7,18-19H,(H,16,20)(H,17,21). The summed E-state index contributed by atoms with van der Waals surface area (Å²) < 4.78 is 0. The van der Waals surface area contributed by atoms with Crippen LogP contribution < -0.4 is 9.75 Å². The molecule has 4 N–H and O–H groups in total. The Balaban J connectivity index is 2.30. The average molecular weight is 391 g/mol. The number of thiazole rings is 2. The number of hydrogen-bond acceptors (Lipinski definition) is 6. The molecule has 3 aromatic rings. The van der Waals surface area contributed by atoms with Gasteiger partial charge in [-0.05, 0) is 17.7 Å². The van der Waals surface area contributed by atoms with Crippen molar-refractivity contribution >= 4 is 45.9 Å². The van der Waals surface area contributed by atoms with Crippen LogP contribution in [0.1, 0.15) is 21.2 Å². The highest BCUT2D eigenvalue weighted by Gasteiger charge is 2.29. The second-order valence-electron chi connectivity index (χ2n) is 4.55. The molecule has 0 saturated heterocycles. The monoisotopic (exact) mass is 390 g/mol. The molecule has 23 heavy (non-hydrogen) atoms. The Bertz CT molecular complexity index is 934. The lowest BCUT2D eigenvalue weighted by Gasteiger charge is -2.16. The van der Waals surface area contributed by atoms with Gasteiger partial charge in [-0.2, -0.15) is 0 Å². The van der Waals surface area contributed by atoms with E-state index in [1.807, 2.05) is 0 Å². The van der Waals surface area contributed by atoms with Crippen LogP contribution in [-0.2, 0) is 0 Å². The van der Waals surface area contributed by atoms with Crippen molar-refractivity contribution < 1.29 is 10.2 Å². The van der Waals surface area contributed by atoms with Gasteiger partial charge in [0, 0.05) is 10.0 Å². The molecule has 0 unspecified atom stereocenters. The topological polar surface area (TPSA) is 106 Å². The molecule has 0 spiro atoms. The first-order chi connectivity index (χ1) is 10.9. The van der Waals surface area contributed by atoms with Gasteiger partial charge in [-0.15, -0.1) is 0 Å². The van der Waals surface area contributed by atoms with E-state index in [2.05, 4.69) is 9.97 Å². The molecular formula is C13H8Cl2N2O4S2. The number of aromatic nitrogens is 2. The molecule has 3 rings (SSSR count). The molecule has 2 aromatic heterocycles. The minimum Gasteiger partial charge on any atom is -0.494 e. The van der Waals surface area contributed by atoms with Crippen molar-refractivity contribution in [3.8, 4) is 11.8 Å². The molecule has 0 atom stereocenters. The Morgan fingerprint density at radius 3 is 1.87 bits per heavy atom.